The van der Waals surface area contributed by atoms with Crippen molar-refractivity contribution in [1.82, 2.24) is 5.32 Å². The van der Waals surface area contributed by atoms with E-state index in [0.29, 0.717) is 16.3 Å². The standard InChI is InChI=1S/C20H23ClN2O3/c1-12(2)19(20(25)26-3)23-18(24)11-15-5-4-14(10-17(15)21)13-6-8-16(22)9-7-13/h4-10,12,19H,11,22H2,1-3H3,(H,23,24). The summed E-state index contributed by atoms with van der Waals surface area (Å²) >= 11 is 6.35. The minimum atomic E-state index is -0.680. The number of benzene rings is 2. The molecule has 2 rings (SSSR count). The van der Waals surface area contributed by atoms with E-state index < -0.39 is 12.0 Å². The zero-order valence-corrected chi connectivity index (χ0v) is 15.8. The quantitative estimate of drug-likeness (QED) is 0.599. The smallest absolute Gasteiger partial charge is 0.328 e. The Balaban J connectivity index is 2.11. The van der Waals surface area contributed by atoms with E-state index in [4.69, 9.17) is 22.1 Å². The molecule has 0 heterocycles. The number of methoxy groups -OCH3 is 1. The first-order chi connectivity index (χ1) is 12.3. The summed E-state index contributed by atoms with van der Waals surface area (Å²) in [5, 5.41) is 3.20. The third-order valence-corrected chi connectivity index (χ3v) is 4.44. The molecule has 0 fully saturated rings. The van der Waals surface area contributed by atoms with Crippen LogP contribution in [0.2, 0.25) is 5.02 Å². The van der Waals surface area contributed by atoms with Crippen LogP contribution < -0.4 is 11.1 Å². The highest BCUT2D eigenvalue weighted by Crippen LogP contribution is 2.26. The van der Waals surface area contributed by atoms with Gasteiger partial charge in [-0.3, -0.25) is 4.79 Å². The number of nitrogens with two attached hydrogens (primary N) is 1. The zero-order chi connectivity index (χ0) is 19.3. The first kappa shape index (κ1) is 19.8. The molecule has 6 heteroatoms. The fourth-order valence-electron chi connectivity index (χ4n) is 2.57. The lowest BCUT2D eigenvalue weighted by Crippen LogP contribution is -2.45. The van der Waals surface area contributed by atoms with Gasteiger partial charge in [0.05, 0.1) is 13.5 Å². The Morgan fingerprint density at radius 1 is 1.12 bits per heavy atom. The van der Waals surface area contributed by atoms with E-state index in [1.54, 1.807) is 0 Å². The van der Waals surface area contributed by atoms with E-state index in [-0.39, 0.29) is 18.2 Å². The Labute approximate surface area is 158 Å². The van der Waals surface area contributed by atoms with Gasteiger partial charge in [-0.2, -0.15) is 0 Å². The topological polar surface area (TPSA) is 81.4 Å². The molecule has 5 nitrogen and oxygen atoms in total. The molecule has 0 radical (unpaired) electrons. The second kappa shape index (κ2) is 8.72. The number of carbonyl (C=O) groups is 2. The molecule has 2 aromatic carbocycles. The number of hydrogen-bond donors (Lipinski definition) is 2. The highest BCUT2D eigenvalue weighted by molar-refractivity contribution is 6.31. The number of ether oxygens (including phenoxy) is 1. The van der Waals surface area contributed by atoms with Gasteiger partial charge in [-0.25, -0.2) is 4.79 Å². The van der Waals surface area contributed by atoms with Crippen molar-refractivity contribution in [3.63, 3.8) is 0 Å². The van der Waals surface area contributed by atoms with Crippen LogP contribution in [0.1, 0.15) is 19.4 Å². The highest BCUT2D eigenvalue weighted by Gasteiger charge is 2.25. The summed E-state index contributed by atoms with van der Waals surface area (Å²) < 4.78 is 4.73. The van der Waals surface area contributed by atoms with Gasteiger partial charge in [0.15, 0.2) is 0 Å². The maximum atomic E-state index is 12.3. The van der Waals surface area contributed by atoms with Gasteiger partial charge in [-0.15, -0.1) is 0 Å². The third kappa shape index (κ3) is 4.99. The van der Waals surface area contributed by atoms with E-state index in [2.05, 4.69) is 5.32 Å². The van der Waals surface area contributed by atoms with Crippen molar-refractivity contribution in [2.45, 2.75) is 26.3 Å². The number of carbonyl (C=O) groups excluding carboxylic acids is 2. The van der Waals surface area contributed by atoms with Gasteiger partial charge in [0.1, 0.15) is 6.04 Å². The molecule has 0 spiro atoms. The van der Waals surface area contributed by atoms with Crippen molar-refractivity contribution in [1.29, 1.82) is 0 Å². The number of nitrogens with one attached hydrogen (secondary N) is 1. The Hall–Kier alpha value is -2.53. The summed E-state index contributed by atoms with van der Waals surface area (Å²) in [6.07, 6.45) is 0.0844. The lowest BCUT2D eigenvalue weighted by molar-refractivity contribution is -0.146. The molecule has 0 bridgehead atoms. The lowest BCUT2D eigenvalue weighted by atomic mass is 10.0. The molecule has 2 aromatic rings. The number of esters is 1. The van der Waals surface area contributed by atoms with Crippen molar-refractivity contribution in [3.8, 4) is 11.1 Å². The third-order valence-electron chi connectivity index (χ3n) is 4.09. The van der Waals surface area contributed by atoms with Crippen LogP contribution in [-0.4, -0.2) is 25.0 Å². The number of amides is 1. The zero-order valence-electron chi connectivity index (χ0n) is 15.1. The predicted molar refractivity (Wildman–Crippen MR) is 104 cm³/mol. The monoisotopic (exact) mass is 374 g/mol. The van der Waals surface area contributed by atoms with Crippen LogP contribution in [-0.2, 0) is 20.7 Å². The molecular formula is C20H23ClN2O3. The van der Waals surface area contributed by atoms with Crippen LogP contribution in [0.4, 0.5) is 5.69 Å². The minimum Gasteiger partial charge on any atom is -0.467 e. The van der Waals surface area contributed by atoms with Gasteiger partial charge in [-0.05, 0) is 40.8 Å². The van der Waals surface area contributed by atoms with Crippen molar-refractivity contribution in [2.75, 3.05) is 12.8 Å². The van der Waals surface area contributed by atoms with Gasteiger partial charge in [0.25, 0.3) is 0 Å². The van der Waals surface area contributed by atoms with Gasteiger partial charge < -0.3 is 15.8 Å². The largest absolute Gasteiger partial charge is 0.467 e. The molecule has 26 heavy (non-hydrogen) atoms. The summed E-state index contributed by atoms with van der Waals surface area (Å²) in [6.45, 7) is 3.69. The van der Waals surface area contributed by atoms with Gasteiger partial charge >= 0.3 is 5.97 Å². The van der Waals surface area contributed by atoms with Crippen molar-refractivity contribution >= 4 is 29.2 Å². The predicted octanol–water partition coefficient (Wildman–Crippen LogP) is 3.45. The van der Waals surface area contributed by atoms with Crippen molar-refractivity contribution in [2.24, 2.45) is 5.92 Å². The van der Waals surface area contributed by atoms with E-state index in [9.17, 15) is 9.59 Å². The number of anilines is 1. The van der Waals surface area contributed by atoms with Gasteiger partial charge in [-0.1, -0.05) is 49.7 Å². The molecule has 1 atom stereocenters. The lowest BCUT2D eigenvalue weighted by Gasteiger charge is -2.20. The average molecular weight is 375 g/mol. The Kier molecular flexibility index (Phi) is 6.64. The van der Waals surface area contributed by atoms with Gasteiger partial charge in [0, 0.05) is 10.7 Å². The molecule has 0 saturated heterocycles. The fraction of sp³-hybridized carbons (Fsp3) is 0.300. The second-order valence-corrected chi connectivity index (χ2v) is 6.82. The highest BCUT2D eigenvalue weighted by atomic mass is 35.5. The van der Waals surface area contributed by atoms with Crippen LogP contribution in [0.3, 0.4) is 0 Å². The number of hydrogen-bond acceptors (Lipinski definition) is 4. The minimum absolute atomic E-state index is 0.0743. The summed E-state index contributed by atoms with van der Waals surface area (Å²) in [5.41, 5.74) is 9.01. The van der Waals surface area contributed by atoms with Crippen LogP contribution in [0.5, 0.6) is 0 Å². The van der Waals surface area contributed by atoms with Gasteiger partial charge in [0.2, 0.25) is 5.91 Å². The molecule has 1 amide bonds. The SMILES string of the molecule is COC(=O)C(NC(=O)Cc1ccc(-c2ccc(N)cc2)cc1Cl)C(C)C. The first-order valence-electron chi connectivity index (χ1n) is 8.33. The van der Waals surface area contributed by atoms with Crippen LogP contribution in [0.25, 0.3) is 11.1 Å². The second-order valence-electron chi connectivity index (χ2n) is 6.42. The molecule has 1 unspecified atom stereocenters. The van der Waals surface area contributed by atoms with Crippen molar-refractivity contribution < 1.29 is 14.3 Å². The summed E-state index contributed by atoms with van der Waals surface area (Å²) in [4.78, 5) is 24.1. The average Bonchev–Trinajstić information content (AvgIpc) is 2.61. The van der Waals surface area contributed by atoms with E-state index in [1.807, 2.05) is 56.3 Å². The number of halogens is 1. The van der Waals surface area contributed by atoms with E-state index >= 15 is 0 Å². The Bertz CT molecular complexity index is 788. The Morgan fingerprint density at radius 2 is 1.73 bits per heavy atom. The molecule has 0 aliphatic heterocycles. The fourth-order valence-corrected chi connectivity index (χ4v) is 2.82. The molecule has 3 N–H and O–H groups in total. The van der Waals surface area contributed by atoms with E-state index in [0.717, 1.165) is 11.1 Å². The van der Waals surface area contributed by atoms with Crippen LogP contribution in [0, 0.1) is 5.92 Å². The molecule has 0 saturated carbocycles. The summed E-state index contributed by atoms with van der Waals surface area (Å²) in [6, 6.07) is 12.3. The molecule has 138 valence electrons. The normalized spacial score (nSPS) is 11.9. The summed E-state index contributed by atoms with van der Waals surface area (Å²) in [5.74, 6) is -0.816. The molecular weight excluding hydrogens is 352 g/mol. The maximum Gasteiger partial charge on any atom is 0.328 e. The molecule has 0 aromatic heterocycles. The summed E-state index contributed by atoms with van der Waals surface area (Å²) in [7, 11) is 1.30. The van der Waals surface area contributed by atoms with Crippen molar-refractivity contribution in [3.05, 3.63) is 53.1 Å². The van der Waals surface area contributed by atoms with E-state index in [1.165, 1.54) is 7.11 Å². The van der Waals surface area contributed by atoms with Crippen LogP contribution >= 0.6 is 11.6 Å². The first-order valence-corrected chi connectivity index (χ1v) is 8.71. The Morgan fingerprint density at radius 3 is 2.27 bits per heavy atom. The number of rotatable bonds is 6. The maximum absolute atomic E-state index is 12.3. The number of nitrogen functional groups attached to an aromatic ring is 1. The molecule has 0 aliphatic carbocycles. The van der Waals surface area contributed by atoms with Crippen LogP contribution in [0.15, 0.2) is 42.5 Å². The molecule has 0 aliphatic rings.